The number of hydrogen-bond donors (Lipinski definition) is 0. The SMILES string of the molecule is CN1[CH-]N2c3[c-]cccc3-c3ccccc3C2C1.[Ir+3].[c-]1ncn2c1c1ncccc1c1cc3ccc4ccccc4c3cc12. The molecule has 0 radical (unpaired) electrons. The number of hydrogen-bond acceptors (Lipinski definition) is 4. The minimum Gasteiger partial charge on any atom is -0.521 e. The molecule has 5 heterocycles. The van der Waals surface area contributed by atoms with E-state index >= 15 is 0 Å². The first-order chi connectivity index (χ1) is 21.2. The summed E-state index contributed by atoms with van der Waals surface area (Å²) < 4.78 is 2.09. The first-order valence-electron chi connectivity index (χ1n) is 14.5. The first-order valence-corrected chi connectivity index (χ1v) is 14.5. The van der Waals surface area contributed by atoms with Crippen LogP contribution in [0, 0.1) is 18.9 Å². The summed E-state index contributed by atoms with van der Waals surface area (Å²) in [5.74, 6) is 0. The smallest absolute Gasteiger partial charge is 0.521 e. The quantitative estimate of drug-likeness (QED) is 0.0892. The molecule has 1 fully saturated rings. The number of pyridine rings is 2. The summed E-state index contributed by atoms with van der Waals surface area (Å²) >= 11 is 0. The molecule has 0 saturated carbocycles. The topological polar surface area (TPSA) is 36.7 Å². The van der Waals surface area contributed by atoms with Crippen LogP contribution in [0.5, 0.6) is 0 Å². The van der Waals surface area contributed by atoms with Gasteiger partial charge in [-0.2, -0.15) is 30.9 Å². The Labute approximate surface area is 268 Å². The fourth-order valence-corrected chi connectivity index (χ4v) is 6.93. The number of para-hydroxylation sites is 1. The van der Waals surface area contributed by atoms with E-state index in [0.717, 1.165) is 28.5 Å². The van der Waals surface area contributed by atoms with Crippen molar-refractivity contribution in [3.05, 3.63) is 140 Å². The van der Waals surface area contributed by atoms with E-state index < -0.39 is 0 Å². The maximum absolute atomic E-state index is 4.57. The van der Waals surface area contributed by atoms with Crippen molar-refractivity contribution >= 4 is 54.6 Å². The van der Waals surface area contributed by atoms with Gasteiger partial charge in [-0.15, -0.1) is 11.3 Å². The van der Waals surface area contributed by atoms with Crippen molar-refractivity contribution < 1.29 is 20.1 Å². The van der Waals surface area contributed by atoms with Gasteiger partial charge in [-0.3, -0.25) is 0 Å². The third-order valence-electron chi connectivity index (χ3n) is 8.85. The van der Waals surface area contributed by atoms with E-state index in [9.17, 15) is 0 Å². The second kappa shape index (κ2) is 10.5. The summed E-state index contributed by atoms with van der Waals surface area (Å²) in [5.41, 5.74) is 8.25. The normalized spacial score (nSPS) is 15.6. The van der Waals surface area contributed by atoms with Gasteiger partial charge in [0.15, 0.2) is 0 Å². The molecule has 2 aliphatic rings. The standard InChI is InChI=1S/C22H12N3.C16H14N2.Ir/c1-2-5-16-14(4-1)7-8-15-10-19-17-6-3-9-24-22(17)21-12-23-13-25(21)20(19)11-18(15)16;1-17-10-16-14-8-3-2-6-12(14)13-7-4-5-9-15(13)18(16)11-17;/h1-11,13H;2-8,11,16H,10H2,1H3;/q-1;-2;+3. The molecule has 0 aliphatic carbocycles. The van der Waals surface area contributed by atoms with Crippen LogP contribution in [0.3, 0.4) is 0 Å². The van der Waals surface area contributed by atoms with Gasteiger partial charge in [0, 0.05) is 17.8 Å². The van der Waals surface area contributed by atoms with Gasteiger partial charge in [-0.25, -0.2) is 0 Å². The number of imidazole rings is 1. The number of rotatable bonds is 0. The summed E-state index contributed by atoms with van der Waals surface area (Å²) in [6, 6.07) is 40.3. The van der Waals surface area contributed by atoms with Gasteiger partial charge in [-0.1, -0.05) is 78.5 Å². The molecule has 2 aliphatic heterocycles. The van der Waals surface area contributed by atoms with Gasteiger partial charge in [0.2, 0.25) is 0 Å². The van der Waals surface area contributed by atoms with E-state index in [1.807, 2.05) is 24.7 Å². The first kappa shape index (κ1) is 27.0. The minimum absolute atomic E-state index is 0. The number of fused-ring (bicyclic) bond motifs is 15. The fraction of sp³-hybridized carbons (Fsp3) is 0.0789. The molecule has 0 spiro atoms. The number of anilines is 1. The number of aromatic nitrogens is 3. The zero-order valence-electron chi connectivity index (χ0n) is 23.9. The summed E-state index contributed by atoms with van der Waals surface area (Å²) in [5, 5.41) is 7.33. The van der Waals surface area contributed by atoms with Crippen molar-refractivity contribution in [2.75, 3.05) is 18.5 Å². The Balaban J connectivity index is 0.000000135. The van der Waals surface area contributed by atoms with Crippen molar-refractivity contribution in [3.8, 4) is 11.1 Å². The molecule has 5 nitrogen and oxygen atoms in total. The van der Waals surface area contributed by atoms with Gasteiger partial charge in [0.05, 0.1) is 0 Å². The average Bonchev–Trinajstić information content (AvgIpc) is 3.72. The maximum atomic E-state index is 4.57. The van der Waals surface area contributed by atoms with Crippen LogP contribution in [-0.2, 0) is 20.1 Å². The van der Waals surface area contributed by atoms with Crippen LogP contribution in [0.25, 0.3) is 60.0 Å². The molecule has 10 rings (SSSR count). The molecular weight excluding hydrogens is 719 g/mol. The molecule has 8 aromatic rings. The van der Waals surface area contributed by atoms with Gasteiger partial charge in [-0.05, 0) is 87.0 Å². The molecule has 1 atom stereocenters. The number of likely N-dealkylation sites (N-methyl/N-ethyl adjacent to an activating group) is 1. The Hall–Kier alpha value is -4.61. The molecule has 3 aromatic heterocycles. The van der Waals surface area contributed by atoms with Gasteiger partial charge in [0.25, 0.3) is 0 Å². The van der Waals surface area contributed by atoms with Crippen LogP contribution in [0.4, 0.5) is 5.69 Å². The Morgan fingerprint density at radius 2 is 1.61 bits per heavy atom. The van der Waals surface area contributed by atoms with E-state index in [-0.39, 0.29) is 20.1 Å². The second-order valence-electron chi connectivity index (χ2n) is 11.3. The number of benzene rings is 5. The Kier molecular flexibility index (Phi) is 6.46. The van der Waals surface area contributed by atoms with Crippen molar-refractivity contribution in [1.82, 2.24) is 19.3 Å². The van der Waals surface area contributed by atoms with Gasteiger partial charge < -0.3 is 24.2 Å². The summed E-state index contributed by atoms with van der Waals surface area (Å²) in [6.45, 7) is 3.23. The number of nitrogens with zero attached hydrogens (tertiary/aromatic N) is 5. The monoisotopic (exact) mass is 745 g/mol. The molecule has 0 amide bonds. The zero-order valence-corrected chi connectivity index (χ0v) is 26.3. The molecule has 44 heavy (non-hydrogen) atoms. The van der Waals surface area contributed by atoms with Crippen LogP contribution in [-0.4, -0.2) is 32.9 Å². The molecule has 0 N–H and O–H groups in total. The maximum Gasteiger partial charge on any atom is 3.00 e. The van der Waals surface area contributed by atoms with E-state index in [4.69, 9.17) is 0 Å². The molecule has 0 bridgehead atoms. The molecule has 5 aromatic carbocycles. The van der Waals surface area contributed by atoms with Gasteiger partial charge >= 0.3 is 20.1 Å². The van der Waals surface area contributed by atoms with Crippen LogP contribution in [0.1, 0.15) is 11.6 Å². The predicted octanol–water partition coefficient (Wildman–Crippen LogP) is 8.22. The van der Waals surface area contributed by atoms with Gasteiger partial charge in [0.1, 0.15) is 0 Å². The predicted molar refractivity (Wildman–Crippen MR) is 175 cm³/mol. The van der Waals surface area contributed by atoms with Crippen molar-refractivity contribution in [2.45, 2.75) is 6.04 Å². The van der Waals surface area contributed by atoms with Crippen molar-refractivity contribution in [1.29, 1.82) is 0 Å². The van der Waals surface area contributed by atoms with Crippen LogP contribution < -0.4 is 4.90 Å². The van der Waals surface area contributed by atoms with Crippen LogP contribution in [0.2, 0.25) is 0 Å². The van der Waals surface area contributed by atoms with E-state index in [0.29, 0.717) is 6.04 Å². The third kappa shape index (κ3) is 4.06. The van der Waals surface area contributed by atoms with E-state index in [1.54, 1.807) is 0 Å². The molecule has 6 heteroatoms. The molecular formula is C38H26IrN5. The van der Waals surface area contributed by atoms with Crippen molar-refractivity contribution in [3.63, 3.8) is 0 Å². The minimum atomic E-state index is 0. The van der Waals surface area contributed by atoms with Crippen LogP contribution >= 0.6 is 0 Å². The van der Waals surface area contributed by atoms with Crippen LogP contribution in [0.15, 0.2) is 116 Å². The molecule has 1 saturated heterocycles. The summed E-state index contributed by atoms with van der Waals surface area (Å²) in [6.07, 6.45) is 6.74. The second-order valence-corrected chi connectivity index (χ2v) is 11.3. The average molecular weight is 745 g/mol. The van der Waals surface area contributed by atoms with Crippen molar-refractivity contribution in [2.24, 2.45) is 0 Å². The van der Waals surface area contributed by atoms with E-state index in [1.165, 1.54) is 49.3 Å². The molecule has 1 unspecified atom stereocenters. The molecule has 212 valence electrons. The largest absolute Gasteiger partial charge is 3.00 e. The Morgan fingerprint density at radius 3 is 2.57 bits per heavy atom. The zero-order chi connectivity index (χ0) is 28.5. The fourth-order valence-electron chi connectivity index (χ4n) is 6.93. The third-order valence-corrected chi connectivity index (χ3v) is 8.85. The van der Waals surface area contributed by atoms with E-state index in [2.05, 4.69) is 141 Å². The Bertz CT molecular complexity index is 2310. The summed E-state index contributed by atoms with van der Waals surface area (Å²) in [4.78, 5) is 13.4. The Morgan fingerprint density at radius 1 is 0.795 bits per heavy atom. The summed E-state index contributed by atoms with van der Waals surface area (Å²) in [7, 11) is 2.13.